The number of hydrogen-bond acceptors (Lipinski definition) is 6. The zero-order valence-corrected chi connectivity index (χ0v) is 17.7. The quantitative estimate of drug-likeness (QED) is 0.438. The van der Waals surface area contributed by atoms with Gasteiger partial charge < -0.3 is 4.74 Å². The molecule has 0 spiro atoms. The topological polar surface area (TPSA) is 83.5 Å². The highest BCUT2D eigenvalue weighted by atomic mass is 16.5. The summed E-state index contributed by atoms with van der Waals surface area (Å²) < 4.78 is 9.83. The zero-order chi connectivity index (χ0) is 21.5. The van der Waals surface area contributed by atoms with Crippen LogP contribution in [0.4, 0.5) is 0 Å². The van der Waals surface area contributed by atoms with Gasteiger partial charge in [0.2, 0.25) is 5.88 Å². The fraction of sp³-hybridized carbons (Fsp3) is 0.174. The van der Waals surface area contributed by atoms with Crippen molar-refractivity contribution in [2.75, 3.05) is 0 Å². The van der Waals surface area contributed by atoms with Crippen LogP contribution in [0.1, 0.15) is 17.2 Å². The largest absolute Gasteiger partial charge is 0.438 e. The van der Waals surface area contributed by atoms with Crippen LogP contribution in [-0.4, -0.2) is 34.5 Å². The van der Waals surface area contributed by atoms with Crippen molar-refractivity contribution in [3.8, 4) is 28.7 Å². The molecule has 0 fully saturated rings. The van der Waals surface area contributed by atoms with Crippen molar-refractivity contribution < 1.29 is 4.74 Å². The van der Waals surface area contributed by atoms with Crippen molar-refractivity contribution in [2.24, 2.45) is 7.05 Å². The second kappa shape index (κ2) is 7.32. The van der Waals surface area contributed by atoms with E-state index in [1.807, 2.05) is 61.9 Å². The van der Waals surface area contributed by atoms with E-state index in [2.05, 4.69) is 44.3 Å². The van der Waals surface area contributed by atoms with Gasteiger partial charge in [-0.25, -0.2) is 4.98 Å². The maximum absolute atomic E-state index is 6.08. The molecule has 2 aromatic carbocycles. The number of fused-ring (bicyclic) bond motifs is 1. The van der Waals surface area contributed by atoms with Gasteiger partial charge in [-0.1, -0.05) is 24.3 Å². The van der Waals surface area contributed by atoms with E-state index in [1.165, 1.54) is 0 Å². The Morgan fingerprint density at radius 3 is 2.42 bits per heavy atom. The highest BCUT2D eigenvalue weighted by molar-refractivity contribution is 5.80. The molecule has 0 saturated carbocycles. The fourth-order valence-electron chi connectivity index (χ4n) is 3.62. The van der Waals surface area contributed by atoms with Gasteiger partial charge in [0, 0.05) is 18.3 Å². The van der Waals surface area contributed by atoms with E-state index in [0.717, 1.165) is 39.5 Å². The van der Waals surface area contributed by atoms with Crippen molar-refractivity contribution in [2.45, 2.75) is 20.8 Å². The SMILES string of the molecule is Cc1nc(Oc2ccc(-n3c(C)nnc3-c3ccccc3C)cc2)c2cnn(C)c2n1. The van der Waals surface area contributed by atoms with Gasteiger partial charge in [0.1, 0.15) is 22.8 Å². The molecular formula is C23H21N7O. The Labute approximate surface area is 179 Å². The van der Waals surface area contributed by atoms with Gasteiger partial charge in [-0.15, -0.1) is 10.2 Å². The molecule has 0 atom stereocenters. The average molecular weight is 411 g/mol. The Morgan fingerprint density at radius 2 is 1.65 bits per heavy atom. The molecule has 0 bridgehead atoms. The molecule has 154 valence electrons. The van der Waals surface area contributed by atoms with Gasteiger partial charge in [-0.2, -0.15) is 10.1 Å². The van der Waals surface area contributed by atoms with Crippen LogP contribution in [0.5, 0.6) is 11.6 Å². The summed E-state index contributed by atoms with van der Waals surface area (Å²) in [6, 6.07) is 16.0. The molecule has 0 unspecified atom stereocenters. The summed E-state index contributed by atoms with van der Waals surface area (Å²) in [5.74, 6) is 3.42. The van der Waals surface area contributed by atoms with Crippen LogP contribution < -0.4 is 4.74 Å². The van der Waals surface area contributed by atoms with Crippen LogP contribution in [-0.2, 0) is 7.05 Å². The van der Waals surface area contributed by atoms with E-state index < -0.39 is 0 Å². The Hall–Kier alpha value is -4.07. The smallest absolute Gasteiger partial charge is 0.233 e. The van der Waals surface area contributed by atoms with Gasteiger partial charge in [-0.05, 0) is 50.6 Å². The van der Waals surface area contributed by atoms with Crippen molar-refractivity contribution in [1.29, 1.82) is 0 Å². The van der Waals surface area contributed by atoms with Crippen LogP contribution in [0.2, 0.25) is 0 Å². The van der Waals surface area contributed by atoms with Gasteiger partial charge in [-0.3, -0.25) is 9.25 Å². The lowest BCUT2D eigenvalue weighted by molar-refractivity contribution is 0.466. The van der Waals surface area contributed by atoms with Gasteiger partial charge in [0.15, 0.2) is 11.5 Å². The number of aromatic nitrogens is 7. The molecule has 31 heavy (non-hydrogen) atoms. The maximum Gasteiger partial charge on any atom is 0.233 e. The van der Waals surface area contributed by atoms with E-state index in [-0.39, 0.29) is 0 Å². The second-order valence-corrected chi connectivity index (χ2v) is 7.40. The van der Waals surface area contributed by atoms with Gasteiger partial charge in [0.25, 0.3) is 0 Å². The van der Waals surface area contributed by atoms with Gasteiger partial charge >= 0.3 is 0 Å². The van der Waals surface area contributed by atoms with E-state index in [9.17, 15) is 0 Å². The van der Waals surface area contributed by atoms with E-state index >= 15 is 0 Å². The first kappa shape index (κ1) is 18.9. The molecule has 0 N–H and O–H groups in total. The van der Waals surface area contributed by atoms with E-state index in [4.69, 9.17) is 4.74 Å². The van der Waals surface area contributed by atoms with Crippen LogP contribution in [0.25, 0.3) is 28.1 Å². The highest BCUT2D eigenvalue weighted by Gasteiger charge is 2.15. The molecule has 0 aliphatic rings. The second-order valence-electron chi connectivity index (χ2n) is 7.40. The van der Waals surface area contributed by atoms with Crippen LogP contribution in [0, 0.1) is 20.8 Å². The fourth-order valence-corrected chi connectivity index (χ4v) is 3.62. The first-order valence-corrected chi connectivity index (χ1v) is 9.94. The standard InChI is InChI=1S/C23H21N7O/c1-14-7-5-6-8-19(14)22-28-27-16(3)30(22)17-9-11-18(12-10-17)31-23-20-13-24-29(4)21(20)25-15(2)26-23/h5-13H,1-4H3. The van der Waals surface area contributed by atoms with E-state index in [0.29, 0.717) is 17.5 Å². The number of hydrogen-bond donors (Lipinski definition) is 0. The van der Waals surface area contributed by atoms with Crippen LogP contribution >= 0.6 is 0 Å². The Bertz CT molecular complexity index is 1400. The summed E-state index contributed by atoms with van der Waals surface area (Å²) in [5.41, 5.74) is 3.90. The predicted molar refractivity (Wildman–Crippen MR) is 117 cm³/mol. The van der Waals surface area contributed by atoms with E-state index in [1.54, 1.807) is 10.9 Å². The van der Waals surface area contributed by atoms with Gasteiger partial charge in [0.05, 0.1) is 6.20 Å². The number of ether oxygens (including phenoxy) is 1. The van der Waals surface area contributed by atoms with Crippen molar-refractivity contribution in [3.63, 3.8) is 0 Å². The Kier molecular flexibility index (Phi) is 4.47. The zero-order valence-electron chi connectivity index (χ0n) is 17.7. The number of nitrogens with zero attached hydrogens (tertiary/aromatic N) is 7. The van der Waals surface area contributed by atoms with Crippen molar-refractivity contribution in [3.05, 3.63) is 71.9 Å². The molecule has 0 amide bonds. The van der Waals surface area contributed by atoms with Crippen LogP contribution in [0.15, 0.2) is 54.7 Å². The molecule has 3 aromatic heterocycles. The minimum atomic E-state index is 0.490. The van der Waals surface area contributed by atoms with Crippen molar-refractivity contribution in [1.82, 2.24) is 34.5 Å². The maximum atomic E-state index is 6.08. The molecule has 0 radical (unpaired) electrons. The molecule has 0 aliphatic heterocycles. The minimum absolute atomic E-state index is 0.490. The minimum Gasteiger partial charge on any atom is -0.438 e. The summed E-state index contributed by atoms with van der Waals surface area (Å²) in [7, 11) is 1.85. The number of benzene rings is 2. The third kappa shape index (κ3) is 3.31. The lowest BCUT2D eigenvalue weighted by Gasteiger charge is -2.12. The number of rotatable bonds is 4. The molecule has 8 nitrogen and oxygen atoms in total. The monoisotopic (exact) mass is 411 g/mol. The first-order chi connectivity index (χ1) is 15.0. The van der Waals surface area contributed by atoms with Crippen LogP contribution in [0.3, 0.4) is 0 Å². The molecule has 5 aromatic rings. The summed E-state index contributed by atoms with van der Waals surface area (Å²) in [6.07, 6.45) is 1.72. The summed E-state index contributed by atoms with van der Waals surface area (Å²) >= 11 is 0. The third-order valence-corrected chi connectivity index (χ3v) is 5.19. The molecule has 8 heteroatoms. The molecular weight excluding hydrogens is 390 g/mol. The highest BCUT2D eigenvalue weighted by Crippen LogP contribution is 2.29. The summed E-state index contributed by atoms with van der Waals surface area (Å²) in [4.78, 5) is 8.88. The normalized spacial score (nSPS) is 11.2. The number of aryl methyl sites for hydroxylation is 4. The predicted octanol–water partition coefficient (Wildman–Crippen LogP) is 4.33. The average Bonchev–Trinajstić information content (AvgIpc) is 3.32. The van der Waals surface area contributed by atoms with Crippen molar-refractivity contribution >= 4 is 11.0 Å². The molecule has 3 heterocycles. The lowest BCUT2D eigenvalue weighted by Crippen LogP contribution is -2.01. The lowest BCUT2D eigenvalue weighted by atomic mass is 10.1. The Morgan fingerprint density at radius 1 is 0.871 bits per heavy atom. The first-order valence-electron chi connectivity index (χ1n) is 9.94. The molecule has 0 saturated heterocycles. The molecule has 5 rings (SSSR count). The summed E-state index contributed by atoms with van der Waals surface area (Å²) in [5, 5.41) is 13.7. The molecule has 0 aliphatic carbocycles. The summed E-state index contributed by atoms with van der Waals surface area (Å²) in [6.45, 7) is 5.86. The Balaban J connectivity index is 1.50. The third-order valence-electron chi connectivity index (χ3n) is 5.19.